The van der Waals surface area contributed by atoms with Crippen LogP contribution in [-0.4, -0.2) is 0 Å². The first-order chi connectivity index (χ1) is 12.8. The molecule has 0 bridgehead atoms. The van der Waals surface area contributed by atoms with Crippen LogP contribution >= 0.6 is 11.8 Å². The summed E-state index contributed by atoms with van der Waals surface area (Å²) in [6.07, 6.45) is 4.68. The van der Waals surface area contributed by atoms with E-state index in [0.717, 1.165) is 28.5 Å². The summed E-state index contributed by atoms with van der Waals surface area (Å²) in [5, 5.41) is 2.25. The van der Waals surface area contributed by atoms with Gasteiger partial charge in [0.25, 0.3) is 0 Å². The Kier molecular flexibility index (Phi) is 6.16. The first kappa shape index (κ1) is 19.8. The van der Waals surface area contributed by atoms with Gasteiger partial charge in [-0.05, 0) is 97.2 Å². The Morgan fingerprint density at radius 3 is 2.74 bits per heavy atom. The molecule has 2 heteroatoms. The van der Waals surface area contributed by atoms with E-state index in [9.17, 15) is 0 Å². The van der Waals surface area contributed by atoms with Crippen LogP contribution in [0.25, 0.3) is 4.91 Å². The van der Waals surface area contributed by atoms with Crippen LogP contribution in [0.5, 0.6) is 0 Å². The lowest BCUT2D eigenvalue weighted by atomic mass is 9.84. The van der Waals surface area contributed by atoms with Crippen LogP contribution in [0.2, 0.25) is 0 Å². The lowest BCUT2D eigenvalue weighted by Gasteiger charge is -2.22. The Balaban J connectivity index is 1.67. The van der Waals surface area contributed by atoms with E-state index < -0.39 is 0 Å². The summed E-state index contributed by atoms with van der Waals surface area (Å²) in [6, 6.07) is 11.2. The SMILES string of the molecule is C=C(S/C=C(\C)Cc1cc(C)c(N)cc1C)c1ccc2c(c1)CC(C)CC2. The number of thioether (sulfide) groups is 1. The maximum Gasteiger partial charge on any atom is 0.0346 e. The lowest BCUT2D eigenvalue weighted by Crippen LogP contribution is -2.11. The fourth-order valence-corrected chi connectivity index (χ4v) is 4.47. The van der Waals surface area contributed by atoms with Gasteiger partial charge in [0.05, 0.1) is 0 Å². The molecule has 2 N–H and O–H groups in total. The zero-order chi connectivity index (χ0) is 19.6. The van der Waals surface area contributed by atoms with Crippen molar-refractivity contribution in [1.82, 2.24) is 0 Å². The van der Waals surface area contributed by atoms with Crippen molar-refractivity contribution in [3.05, 3.63) is 81.3 Å². The topological polar surface area (TPSA) is 26.0 Å². The standard InChI is InChI=1S/C25H31NS/c1-16-6-7-21-8-9-22(14-24(21)10-16)20(5)27-15-17(2)11-23-12-19(4)25(26)13-18(23)3/h8-9,12-16H,5-7,10-11,26H2,1-4H3/b17-15+. The van der Waals surface area contributed by atoms with Crippen molar-refractivity contribution in [1.29, 1.82) is 0 Å². The number of benzene rings is 2. The monoisotopic (exact) mass is 377 g/mol. The van der Waals surface area contributed by atoms with Gasteiger partial charge >= 0.3 is 0 Å². The molecule has 1 aliphatic carbocycles. The highest BCUT2D eigenvalue weighted by molar-refractivity contribution is 8.10. The number of anilines is 1. The Labute approximate surface area is 168 Å². The summed E-state index contributed by atoms with van der Waals surface area (Å²) in [4.78, 5) is 1.13. The van der Waals surface area contributed by atoms with Gasteiger partial charge < -0.3 is 5.73 Å². The van der Waals surface area contributed by atoms with Crippen LogP contribution in [-0.2, 0) is 19.3 Å². The van der Waals surface area contributed by atoms with Crippen molar-refractivity contribution >= 4 is 22.4 Å². The van der Waals surface area contributed by atoms with Crippen molar-refractivity contribution in [3.8, 4) is 0 Å². The molecule has 3 rings (SSSR count). The molecule has 0 spiro atoms. The summed E-state index contributed by atoms with van der Waals surface area (Å²) in [5.41, 5.74) is 16.3. The van der Waals surface area contributed by atoms with Crippen molar-refractivity contribution < 1.29 is 0 Å². The van der Waals surface area contributed by atoms with Gasteiger partial charge in [-0.1, -0.05) is 55.1 Å². The quantitative estimate of drug-likeness (QED) is 0.576. The van der Waals surface area contributed by atoms with Crippen molar-refractivity contribution in [3.63, 3.8) is 0 Å². The second-order valence-corrected chi connectivity index (χ2v) is 9.11. The Morgan fingerprint density at radius 1 is 1.19 bits per heavy atom. The molecular formula is C25H31NS. The molecule has 1 nitrogen and oxygen atoms in total. The molecule has 2 aromatic carbocycles. The molecular weight excluding hydrogens is 346 g/mol. The van der Waals surface area contributed by atoms with Crippen LogP contribution < -0.4 is 5.73 Å². The van der Waals surface area contributed by atoms with Gasteiger partial charge in [-0.3, -0.25) is 0 Å². The maximum atomic E-state index is 6.01. The van der Waals surface area contributed by atoms with Gasteiger partial charge in [0.2, 0.25) is 0 Å². The van der Waals surface area contributed by atoms with E-state index in [2.05, 4.69) is 70.0 Å². The Hall–Kier alpha value is -1.93. The highest BCUT2D eigenvalue weighted by Gasteiger charge is 2.15. The zero-order valence-corrected chi connectivity index (χ0v) is 17.9. The molecule has 0 fully saturated rings. The van der Waals surface area contributed by atoms with E-state index >= 15 is 0 Å². The molecule has 2 aromatic rings. The summed E-state index contributed by atoms with van der Waals surface area (Å²) in [6.45, 7) is 13.1. The molecule has 0 aromatic heterocycles. The number of aryl methyl sites for hydroxylation is 3. The highest BCUT2D eigenvalue weighted by atomic mass is 32.2. The van der Waals surface area contributed by atoms with Gasteiger partial charge in [-0.25, -0.2) is 0 Å². The number of rotatable bonds is 5. The molecule has 0 saturated heterocycles. The first-order valence-electron chi connectivity index (χ1n) is 9.82. The van der Waals surface area contributed by atoms with E-state index in [4.69, 9.17) is 5.73 Å². The van der Waals surface area contributed by atoms with Gasteiger partial charge in [0, 0.05) is 10.6 Å². The first-order valence-corrected chi connectivity index (χ1v) is 10.7. The van der Waals surface area contributed by atoms with Crippen LogP contribution in [0.3, 0.4) is 0 Å². The molecule has 0 amide bonds. The van der Waals surface area contributed by atoms with Gasteiger partial charge in [-0.2, -0.15) is 0 Å². The number of hydrogen-bond donors (Lipinski definition) is 1. The molecule has 0 aliphatic heterocycles. The molecule has 1 unspecified atom stereocenters. The van der Waals surface area contributed by atoms with Gasteiger partial charge in [0.1, 0.15) is 0 Å². The van der Waals surface area contributed by atoms with E-state index in [1.54, 1.807) is 11.8 Å². The van der Waals surface area contributed by atoms with E-state index in [-0.39, 0.29) is 0 Å². The summed E-state index contributed by atoms with van der Waals surface area (Å²) >= 11 is 1.74. The van der Waals surface area contributed by atoms with Crippen molar-refractivity contribution in [2.75, 3.05) is 5.73 Å². The molecule has 1 aliphatic rings. The normalized spacial score (nSPS) is 16.9. The third-order valence-corrected chi connectivity index (χ3v) is 6.64. The minimum atomic E-state index is 0.794. The summed E-state index contributed by atoms with van der Waals surface area (Å²) in [7, 11) is 0. The molecule has 0 heterocycles. The molecule has 0 radical (unpaired) electrons. The number of fused-ring (bicyclic) bond motifs is 1. The van der Waals surface area contributed by atoms with Crippen LogP contribution in [0.15, 0.2) is 47.9 Å². The van der Waals surface area contributed by atoms with Crippen molar-refractivity contribution in [2.45, 2.75) is 53.4 Å². The van der Waals surface area contributed by atoms with Crippen molar-refractivity contribution in [2.24, 2.45) is 5.92 Å². The third kappa shape index (κ3) is 4.87. The lowest BCUT2D eigenvalue weighted by molar-refractivity contribution is 0.501. The highest BCUT2D eigenvalue weighted by Crippen LogP contribution is 2.33. The van der Waals surface area contributed by atoms with Gasteiger partial charge in [0.15, 0.2) is 0 Å². The fraction of sp³-hybridized carbons (Fsp3) is 0.360. The smallest absolute Gasteiger partial charge is 0.0346 e. The maximum absolute atomic E-state index is 6.01. The number of hydrogen-bond acceptors (Lipinski definition) is 2. The fourth-order valence-electron chi connectivity index (χ4n) is 3.78. The predicted molar refractivity (Wildman–Crippen MR) is 122 cm³/mol. The average molecular weight is 378 g/mol. The Morgan fingerprint density at radius 2 is 1.96 bits per heavy atom. The van der Waals surface area contributed by atoms with Crippen LogP contribution in [0.1, 0.15) is 53.6 Å². The second-order valence-electron chi connectivity index (χ2n) is 8.15. The second kappa shape index (κ2) is 8.39. The van der Waals surface area contributed by atoms with E-state index in [1.807, 2.05) is 0 Å². The van der Waals surface area contributed by atoms with Gasteiger partial charge in [-0.15, -0.1) is 0 Å². The number of nitrogen functional groups attached to an aromatic ring is 1. The predicted octanol–water partition coefficient (Wildman–Crippen LogP) is 6.86. The van der Waals surface area contributed by atoms with E-state index in [1.165, 1.54) is 52.7 Å². The number of allylic oxidation sites excluding steroid dienone is 1. The summed E-state index contributed by atoms with van der Waals surface area (Å²) in [5.74, 6) is 0.794. The molecule has 0 saturated carbocycles. The number of nitrogens with two attached hydrogens (primary N) is 1. The zero-order valence-electron chi connectivity index (χ0n) is 17.1. The molecule has 142 valence electrons. The summed E-state index contributed by atoms with van der Waals surface area (Å²) < 4.78 is 0. The molecule has 27 heavy (non-hydrogen) atoms. The Bertz CT molecular complexity index is 891. The minimum absolute atomic E-state index is 0.794. The third-order valence-electron chi connectivity index (χ3n) is 5.60. The van der Waals surface area contributed by atoms with Crippen LogP contribution in [0.4, 0.5) is 5.69 Å². The van der Waals surface area contributed by atoms with E-state index in [0.29, 0.717) is 0 Å². The molecule has 1 atom stereocenters. The minimum Gasteiger partial charge on any atom is -0.399 e. The van der Waals surface area contributed by atoms with Crippen LogP contribution in [0, 0.1) is 19.8 Å². The largest absolute Gasteiger partial charge is 0.399 e. The average Bonchev–Trinajstić information content (AvgIpc) is 2.63.